The number of amides is 2. The number of rotatable bonds is 6. The van der Waals surface area contributed by atoms with Gasteiger partial charge in [0.15, 0.2) is 0 Å². The summed E-state index contributed by atoms with van der Waals surface area (Å²) in [5.41, 5.74) is 2.96. The molecular formula is C20H19F2N3O2. The first-order valence-corrected chi connectivity index (χ1v) is 8.51. The molecule has 0 aliphatic rings. The van der Waals surface area contributed by atoms with Crippen LogP contribution in [-0.2, 0) is 16.0 Å². The molecule has 140 valence electrons. The summed E-state index contributed by atoms with van der Waals surface area (Å²) < 4.78 is 27.0. The first-order chi connectivity index (χ1) is 13.0. The van der Waals surface area contributed by atoms with Crippen molar-refractivity contribution in [3.05, 3.63) is 59.7 Å². The van der Waals surface area contributed by atoms with Gasteiger partial charge in [0.2, 0.25) is 11.8 Å². The lowest BCUT2D eigenvalue weighted by molar-refractivity contribution is -0.125. The maximum atomic E-state index is 13.7. The molecule has 27 heavy (non-hydrogen) atoms. The van der Waals surface area contributed by atoms with Crippen LogP contribution in [0.5, 0.6) is 0 Å². The van der Waals surface area contributed by atoms with E-state index in [0.717, 1.165) is 22.3 Å². The minimum atomic E-state index is -0.377. The Kier molecular flexibility index (Phi) is 5.49. The summed E-state index contributed by atoms with van der Waals surface area (Å²) in [5, 5.41) is 5.64. The van der Waals surface area contributed by atoms with E-state index in [4.69, 9.17) is 0 Å². The predicted octanol–water partition coefficient (Wildman–Crippen LogP) is 2.91. The topological polar surface area (TPSA) is 74.0 Å². The van der Waals surface area contributed by atoms with E-state index in [2.05, 4.69) is 15.6 Å². The molecule has 0 bridgehead atoms. The molecule has 0 aliphatic carbocycles. The summed E-state index contributed by atoms with van der Waals surface area (Å²) >= 11 is 0. The van der Waals surface area contributed by atoms with Gasteiger partial charge in [-0.3, -0.25) is 9.59 Å². The molecular weight excluding hydrogens is 352 g/mol. The molecule has 0 radical (unpaired) electrons. The lowest BCUT2D eigenvalue weighted by atomic mass is 10.0. The molecule has 0 spiro atoms. The molecule has 0 fully saturated rings. The number of likely N-dealkylation sites (N-methyl/N-ethyl adjacent to an activating group) is 1. The lowest BCUT2D eigenvalue weighted by Crippen LogP contribution is -2.35. The number of H-pyrrole nitrogens is 1. The van der Waals surface area contributed by atoms with E-state index in [0.29, 0.717) is 11.8 Å². The Hall–Kier alpha value is -3.22. The average molecular weight is 371 g/mol. The maximum Gasteiger partial charge on any atom is 0.239 e. The Labute approximate surface area is 154 Å². The first kappa shape index (κ1) is 18.6. The number of aromatic amines is 1. The van der Waals surface area contributed by atoms with Crippen LogP contribution in [0.3, 0.4) is 0 Å². The summed E-state index contributed by atoms with van der Waals surface area (Å²) in [4.78, 5) is 26.5. The van der Waals surface area contributed by atoms with Crippen molar-refractivity contribution >= 4 is 22.7 Å². The van der Waals surface area contributed by atoms with Crippen molar-refractivity contribution in [1.82, 2.24) is 15.6 Å². The number of fused-ring (bicyclic) bond motifs is 1. The second-order valence-corrected chi connectivity index (χ2v) is 6.13. The van der Waals surface area contributed by atoms with Crippen molar-refractivity contribution in [3.63, 3.8) is 0 Å². The summed E-state index contributed by atoms with van der Waals surface area (Å²) in [5.74, 6) is -1.30. The van der Waals surface area contributed by atoms with E-state index in [9.17, 15) is 18.4 Å². The Morgan fingerprint density at radius 3 is 2.41 bits per heavy atom. The second kappa shape index (κ2) is 7.99. The van der Waals surface area contributed by atoms with Gasteiger partial charge >= 0.3 is 0 Å². The molecule has 0 unspecified atom stereocenters. The van der Waals surface area contributed by atoms with Gasteiger partial charge in [0, 0.05) is 30.1 Å². The van der Waals surface area contributed by atoms with E-state index >= 15 is 0 Å². The van der Waals surface area contributed by atoms with Crippen molar-refractivity contribution < 1.29 is 18.4 Å². The third-order valence-corrected chi connectivity index (χ3v) is 4.33. The number of hydrogen-bond donors (Lipinski definition) is 3. The number of carbonyl (C=O) groups is 2. The van der Waals surface area contributed by atoms with Gasteiger partial charge in [-0.05, 0) is 60.0 Å². The Balaban J connectivity index is 1.88. The third kappa shape index (κ3) is 4.31. The summed E-state index contributed by atoms with van der Waals surface area (Å²) in [6.45, 7) is -0.0946. The third-order valence-electron chi connectivity index (χ3n) is 4.33. The van der Waals surface area contributed by atoms with E-state index in [1.54, 1.807) is 18.2 Å². The van der Waals surface area contributed by atoms with Crippen molar-refractivity contribution in [2.75, 3.05) is 13.6 Å². The molecule has 7 heteroatoms. The normalized spacial score (nSPS) is 10.8. The van der Waals surface area contributed by atoms with Crippen LogP contribution in [0.25, 0.3) is 22.2 Å². The Bertz CT molecular complexity index is 981. The highest BCUT2D eigenvalue weighted by molar-refractivity contribution is 5.92. The van der Waals surface area contributed by atoms with E-state index in [1.165, 1.54) is 31.3 Å². The molecule has 5 nitrogen and oxygen atoms in total. The highest BCUT2D eigenvalue weighted by Crippen LogP contribution is 2.32. The number of hydrogen-bond acceptors (Lipinski definition) is 2. The fraction of sp³-hybridized carbons (Fsp3) is 0.200. The molecule has 3 rings (SSSR count). The van der Waals surface area contributed by atoms with Crippen molar-refractivity contribution in [2.24, 2.45) is 0 Å². The number of halogens is 2. The van der Waals surface area contributed by atoms with Crippen LogP contribution in [0.15, 0.2) is 42.5 Å². The quantitative estimate of drug-likeness (QED) is 0.623. The fourth-order valence-corrected chi connectivity index (χ4v) is 2.94. The zero-order chi connectivity index (χ0) is 19.4. The highest BCUT2D eigenvalue weighted by atomic mass is 19.1. The number of benzene rings is 2. The Morgan fingerprint density at radius 2 is 1.70 bits per heavy atom. The molecule has 0 saturated heterocycles. The van der Waals surface area contributed by atoms with Gasteiger partial charge in [-0.2, -0.15) is 0 Å². The van der Waals surface area contributed by atoms with Crippen LogP contribution in [0.1, 0.15) is 12.0 Å². The largest absolute Gasteiger partial charge is 0.358 e. The second-order valence-electron chi connectivity index (χ2n) is 6.13. The number of aromatic nitrogens is 1. The van der Waals surface area contributed by atoms with Crippen LogP contribution in [-0.4, -0.2) is 30.4 Å². The monoisotopic (exact) mass is 371 g/mol. The minimum absolute atomic E-state index is 0.0946. The van der Waals surface area contributed by atoms with Crippen LogP contribution in [0, 0.1) is 11.6 Å². The summed E-state index contributed by atoms with van der Waals surface area (Å²) in [6, 6.07) is 10.4. The van der Waals surface area contributed by atoms with Gasteiger partial charge in [-0.15, -0.1) is 0 Å². The fourth-order valence-electron chi connectivity index (χ4n) is 2.94. The molecule has 1 aromatic heterocycles. The van der Waals surface area contributed by atoms with Crippen molar-refractivity contribution in [3.8, 4) is 11.3 Å². The molecule has 2 aromatic carbocycles. The zero-order valence-corrected chi connectivity index (χ0v) is 14.7. The highest BCUT2D eigenvalue weighted by Gasteiger charge is 2.15. The zero-order valence-electron chi connectivity index (χ0n) is 14.7. The molecule has 0 saturated carbocycles. The van der Waals surface area contributed by atoms with Gasteiger partial charge in [-0.25, -0.2) is 8.78 Å². The van der Waals surface area contributed by atoms with Crippen LogP contribution < -0.4 is 10.6 Å². The standard InChI is InChI=1S/C20H19F2N3O2/c1-23-19(27)11-24-18(26)9-7-15-16-10-14(22)6-8-17(16)25-20(15)12-2-4-13(21)5-3-12/h2-6,8,10,25H,7,9,11H2,1H3,(H,23,27)(H,24,26). The van der Waals surface area contributed by atoms with Gasteiger partial charge in [-0.1, -0.05) is 0 Å². The first-order valence-electron chi connectivity index (χ1n) is 8.51. The molecule has 2 amide bonds. The Morgan fingerprint density at radius 1 is 1.00 bits per heavy atom. The summed E-state index contributed by atoms with van der Waals surface area (Å²) in [6.07, 6.45) is 0.477. The SMILES string of the molecule is CNC(=O)CNC(=O)CCc1c(-c2ccc(F)cc2)[nH]c2ccc(F)cc12. The van der Waals surface area contributed by atoms with E-state index < -0.39 is 0 Å². The number of aryl methyl sites for hydroxylation is 1. The van der Waals surface area contributed by atoms with E-state index in [-0.39, 0.29) is 36.4 Å². The summed E-state index contributed by atoms with van der Waals surface area (Å²) in [7, 11) is 1.49. The van der Waals surface area contributed by atoms with Crippen LogP contribution in [0.4, 0.5) is 8.78 Å². The number of nitrogens with one attached hydrogen (secondary N) is 3. The maximum absolute atomic E-state index is 13.7. The molecule has 0 aliphatic heterocycles. The molecule has 0 atom stereocenters. The van der Waals surface area contributed by atoms with Gasteiger partial charge < -0.3 is 15.6 Å². The predicted molar refractivity (Wildman–Crippen MR) is 99.0 cm³/mol. The van der Waals surface area contributed by atoms with Gasteiger partial charge in [0.05, 0.1) is 6.54 Å². The van der Waals surface area contributed by atoms with Crippen LogP contribution >= 0.6 is 0 Å². The number of carbonyl (C=O) groups excluding carboxylic acids is 2. The van der Waals surface area contributed by atoms with E-state index in [1.807, 2.05) is 0 Å². The molecule has 3 aromatic rings. The molecule has 3 N–H and O–H groups in total. The van der Waals surface area contributed by atoms with Crippen molar-refractivity contribution in [2.45, 2.75) is 12.8 Å². The lowest BCUT2D eigenvalue weighted by Gasteiger charge is -2.07. The smallest absolute Gasteiger partial charge is 0.239 e. The van der Waals surface area contributed by atoms with Crippen LogP contribution in [0.2, 0.25) is 0 Å². The van der Waals surface area contributed by atoms with Gasteiger partial charge in [0.1, 0.15) is 11.6 Å². The van der Waals surface area contributed by atoms with Gasteiger partial charge in [0.25, 0.3) is 0 Å². The minimum Gasteiger partial charge on any atom is -0.358 e. The molecule has 1 heterocycles. The van der Waals surface area contributed by atoms with Crippen molar-refractivity contribution in [1.29, 1.82) is 0 Å². The average Bonchev–Trinajstić information content (AvgIpc) is 3.02.